The number of amides is 1. The van der Waals surface area contributed by atoms with Crippen LogP contribution in [0.25, 0.3) is 0 Å². The Labute approximate surface area is 201 Å². The molecule has 0 bridgehead atoms. The first-order valence-electron chi connectivity index (χ1n) is 12.3. The van der Waals surface area contributed by atoms with Gasteiger partial charge in [-0.25, -0.2) is 4.98 Å². The molecule has 1 aromatic carbocycles. The van der Waals surface area contributed by atoms with Crippen LogP contribution in [0, 0.1) is 0 Å². The van der Waals surface area contributed by atoms with Crippen LogP contribution >= 0.6 is 0 Å². The molecule has 9 nitrogen and oxygen atoms in total. The Hall–Kier alpha value is -2.91. The van der Waals surface area contributed by atoms with Crippen LogP contribution in [0.3, 0.4) is 0 Å². The lowest BCUT2D eigenvalue weighted by molar-refractivity contribution is -0.130. The second-order valence-electron chi connectivity index (χ2n) is 9.19. The molecule has 5 rings (SSSR count). The first-order chi connectivity index (χ1) is 16.7. The summed E-state index contributed by atoms with van der Waals surface area (Å²) in [5.41, 5.74) is 3.12. The van der Waals surface area contributed by atoms with Crippen molar-refractivity contribution >= 4 is 29.0 Å². The molecule has 2 aliphatic heterocycles. The summed E-state index contributed by atoms with van der Waals surface area (Å²) in [6.07, 6.45) is 6.46. The molecule has 9 heteroatoms. The molecule has 1 aromatic heterocycles. The third kappa shape index (κ3) is 5.10. The molecule has 2 fully saturated rings. The fourth-order valence-electron chi connectivity index (χ4n) is 5.06. The average Bonchev–Trinajstić information content (AvgIpc) is 3.37. The summed E-state index contributed by atoms with van der Waals surface area (Å²) < 4.78 is 10.7. The molecule has 3 heterocycles. The van der Waals surface area contributed by atoms with Gasteiger partial charge in [0, 0.05) is 55.9 Å². The van der Waals surface area contributed by atoms with Crippen molar-refractivity contribution in [3.63, 3.8) is 0 Å². The number of nitrogens with zero attached hydrogens (tertiary/aromatic N) is 5. The minimum absolute atomic E-state index is 0.121. The molecule has 1 saturated carbocycles. The van der Waals surface area contributed by atoms with E-state index in [2.05, 4.69) is 44.4 Å². The van der Waals surface area contributed by atoms with Gasteiger partial charge in [0.1, 0.15) is 5.82 Å². The Balaban J connectivity index is 1.36. The summed E-state index contributed by atoms with van der Waals surface area (Å²) in [5.74, 6) is 1.55. The van der Waals surface area contributed by atoms with E-state index in [1.165, 1.54) is 18.5 Å². The van der Waals surface area contributed by atoms with E-state index >= 15 is 0 Å². The minimum Gasteiger partial charge on any atom is -0.383 e. The van der Waals surface area contributed by atoms with Gasteiger partial charge in [-0.3, -0.25) is 4.79 Å². The Morgan fingerprint density at radius 2 is 1.88 bits per heavy atom. The van der Waals surface area contributed by atoms with Gasteiger partial charge in [0.2, 0.25) is 11.9 Å². The lowest BCUT2D eigenvalue weighted by Crippen LogP contribution is -2.42. The van der Waals surface area contributed by atoms with Gasteiger partial charge in [0.05, 0.1) is 32.9 Å². The van der Waals surface area contributed by atoms with Gasteiger partial charge in [-0.05, 0) is 37.1 Å². The van der Waals surface area contributed by atoms with Gasteiger partial charge in [-0.2, -0.15) is 4.98 Å². The van der Waals surface area contributed by atoms with Crippen molar-refractivity contribution < 1.29 is 14.3 Å². The predicted octanol–water partition coefficient (Wildman–Crippen LogP) is 2.79. The second kappa shape index (κ2) is 10.6. The predicted molar refractivity (Wildman–Crippen MR) is 132 cm³/mol. The molecular formula is C25H34N6O3. The fraction of sp³-hybridized carbons (Fsp3) is 0.560. The molecule has 182 valence electrons. The van der Waals surface area contributed by atoms with Crippen LogP contribution in [0.1, 0.15) is 31.2 Å². The molecule has 34 heavy (non-hydrogen) atoms. The molecular weight excluding hydrogens is 432 g/mol. The number of methoxy groups -OCH3 is 1. The zero-order valence-electron chi connectivity index (χ0n) is 19.9. The monoisotopic (exact) mass is 466 g/mol. The van der Waals surface area contributed by atoms with Crippen LogP contribution in [0.5, 0.6) is 0 Å². The molecule has 2 aromatic rings. The zero-order chi connectivity index (χ0) is 23.3. The summed E-state index contributed by atoms with van der Waals surface area (Å²) in [7, 11) is 1.66. The third-order valence-corrected chi connectivity index (χ3v) is 6.96. The summed E-state index contributed by atoms with van der Waals surface area (Å²) in [5, 5.41) is 3.36. The fourth-order valence-corrected chi connectivity index (χ4v) is 5.06. The first kappa shape index (κ1) is 22.9. The van der Waals surface area contributed by atoms with Crippen molar-refractivity contribution in [1.29, 1.82) is 0 Å². The number of carbonyl (C=O) groups excluding carboxylic acids is 1. The quantitative estimate of drug-likeness (QED) is 0.667. The highest BCUT2D eigenvalue weighted by Gasteiger charge is 2.32. The van der Waals surface area contributed by atoms with E-state index in [1.54, 1.807) is 7.11 Å². The molecule has 3 aliphatic rings. The van der Waals surface area contributed by atoms with E-state index in [-0.39, 0.29) is 5.91 Å². The summed E-state index contributed by atoms with van der Waals surface area (Å²) >= 11 is 0. The van der Waals surface area contributed by atoms with E-state index in [4.69, 9.17) is 14.5 Å². The van der Waals surface area contributed by atoms with Gasteiger partial charge in [0.25, 0.3) is 0 Å². The Bertz CT molecular complexity index is 973. The number of hydrogen-bond donors (Lipinski definition) is 1. The molecule has 0 spiro atoms. The largest absolute Gasteiger partial charge is 0.383 e. The van der Waals surface area contributed by atoms with Crippen LogP contribution in [0.2, 0.25) is 0 Å². The number of nitrogens with one attached hydrogen (secondary N) is 1. The smallest absolute Gasteiger partial charge is 0.242 e. The van der Waals surface area contributed by atoms with Gasteiger partial charge < -0.3 is 29.5 Å². The zero-order valence-corrected chi connectivity index (χ0v) is 19.9. The summed E-state index contributed by atoms with van der Waals surface area (Å²) in [6.45, 7) is 5.32. The number of carbonyl (C=O) groups is 1. The highest BCUT2D eigenvalue weighted by molar-refractivity contribution is 5.83. The highest BCUT2D eigenvalue weighted by atomic mass is 16.5. The van der Waals surface area contributed by atoms with Crippen molar-refractivity contribution in [2.75, 3.05) is 68.2 Å². The Kier molecular flexibility index (Phi) is 7.10. The molecule has 1 amide bonds. The molecule has 0 unspecified atom stereocenters. The number of anilines is 4. The number of aromatic nitrogens is 2. The van der Waals surface area contributed by atoms with E-state index in [9.17, 15) is 4.79 Å². The van der Waals surface area contributed by atoms with Gasteiger partial charge >= 0.3 is 0 Å². The Morgan fingerprint density at radius 3 is 2.62 bits per heavy atom. The number of rotatable bonds is 7. The van der Waals surface area contributed by atoms with Crippen molar-refractivity contribution in [2.45, 2.75) is 38.3 Å². The Morgan fingerprint density at radius 1 is 1.12 bits per heavy atom. The van der Waals surface area contributed by atoms with Crippen molar-refractivity contribution in [3.8, 4) is 0 Å². The lowest BCUT2D eigenvalue weighted by atomic mass is 10.2. The van der Waals surface area contributed by atoms with Gasteiger partial charge in [0.15, 0.2) is 0 Å². The number of fused-ring (bicyclic) bond motifs is 1. The maximum absolute atomic E-state index is 13.0. The van der Waals surface area contributed by atoms with Crippen LogP contribution < -0.4 is 15.1 Å². The topological polar surface area (TPSA) is 83.1 Å². The number of morpholine rings is 1. The van der Waals surface area contributed by atoms with Crippen molar-refractivity contribution in [2.24, 2.45) is 0 Å². The first-order valence-corrected chi connectivity index (χ1v) is 12.3. The van der Waals surface area contributed by atoms with Crippen LogP contribution in [0.4, 0.5) is 23.1 Å². The van der Waals surface area contributed by atoms with Crippen molar-refractivity contribution in [3.05, 3.63) is 36.0 Å². The number of hydrogen-bond acceptors (Lipinski definition) is 8. The highest BCUT2D eigenvalue weighted by Crippen LogP contribution is 2.32. The summed E-state index contributed by atoms with van der Waals surface area (Å²) in [4.78, 5) is 29.0. The lowest BCUT2D eigenvalue weighted by Gasteiger charge is -2.29. The van der Waals surface area contributed by atoms with E-state index < -0.39 is 0 Å². The maximum atomic E-state index is 13.0. The SMILES string of the molecule is COCCN1Cc2cnc(Nc3ccc(N4CCOCC4)cc3)nc2N(C2CCCC2)CC1=O. The standard InChI is InChI=1S/C25H34N6O3/c1-33-13-10-30-17-19-16-26-25(28-24(19)31(18-23(30)32)22-4-2-3-5-22)27-20-6-8-21(9-7-20)29-11-14-34-15-12-29/h6-9,16,22H,2-5,10-15,17-18H2,1H3,(H,26,27,28). The van der Waals surface area contributed by atoms with Crippen LogP contribution in [-0.2, 0) is 20.8 Å². The average molecular weight is 467 g/mol. The normalized spacial score (nSPS) is 19.3. The van der Waals surface area contributed by atoms with Gasteiger partial charge in [-0.1, -0.05) is 12.8 Å². The molecule has 1 N–H and O–H groups in total. The van der Waals surface area contributed by atoms with Crippen LogP contribution in [0.15, 0.2) is 30.5 Å². The third-order valence-electron chi connectivity index (χ3n) is 6.96. The minimum atomic E-state index is 0.121. The molecule has 0 atom stereocenters. The number of ether oxygens (including phenoxy) is 2. The molecule has 1 aliphatic carbocycles. The van der Waals surface area contributed by atoms with Crippen molar-refractivity contribution in [1.82, 2.24) is 14.9 Å². The molecule has 1 saturated heterocycles. The van der Waals surface area contributed by atoms with E-state index in [1.807, 2.05) is 11.1 Å². The summed E-state index contributed by atoms with van der Waals surface area (Å²) in [6, 6.07) is 8.71. The second-order valence-corrected chi connectivity index (χ2v) is 9.19. The van der Waals surface area contributed by atoms with Gasteiger partial charge in [-0.15, -0.1) is 0 Å². The molecule has 0 radical (unpaired) electrons. The van der Waals surface area contributed by atoms with E-state index in [0.29, 0.717) is 38.2 Å². The maximum Gasteiger partial charge on any atom is 0.242 e. The van der Waals surface area contributed by atoms with Crippen LogP contribution in [-0.4, -0.2) is 79.9 Å². The number of benzene rings is 1. The van der Waals surface area contributed by atoms with E-state index in [0.717, 1.165) is 56.2 Å².